The summed E-state index contributed by atoms with van der Waals surface area (Å²) in [5.74, 6) is -0.367. The summed E-state index contributed by atoms with van der Waals surface area (Å²) in [5.41, 5.74) is 0.714. The molecule has 7 nitrogen and oxygen atoms in total. The molecular formula is C12H15N5O2S. The Morgan fingerprint density at radius 2 is 2.20 bits per heavy atom. The summed E-state index contributed by atoms with van der Waals surface area (Å²) in [6.45, 7) is 3.96. The van der Waals surface area contributed by atoms with Gasteiger partial charge in [-0.2, -0.15) is 0 Å². The Morgan fingerprint density at radius 3 is 2.95 bits per heavy atom. The van der Waals surface area contributed by atoms with Gasteiger partial charge in [0.25, 0.3) is 0 Å². The Hall–Kier alpha value is -2.09. The van der Waals surface area contributed by atoms with E-state index >= 15 is 0 Å². The van der Waals surface area contributed by atoms with Crippen LogP contribution in [-0.2, 0) is 4.79 Å². The molecule has 1 atom stereocenters. The average molecular weight is 293 g/mol. The number of thioether (sulfide) groups is 1. The summed E-state index contributed by atoms with van der Waals surface area (Å²) >= 11 is 1.25. The standard InChI is InChI=1S/C12H15N5O2S/c1-3-13-11(19)14-10(18)8(2)20-12-16-15-9-6-4-5-7-17(9)12/h4-8H,3H2,1-2H3,(H2,13,14,18,19)/t8-/m0/s1. The molecule has 3 amide bonds. The van der Waals surface area contributed by atoms with Gasteiger partial charge in [-0.15, -0.1) is 10.2 Å². The predicted molar refractivity (Wildman–Crippen MR) is 75.5 cm³/mol. The average Bonchev–Trinajstić information content (AvgIpc) is 2.82. The lowest BCUT2D eigenvalue weighted by Gasteiger charge is -2.10. The van der Waals surface area contributed by atoms with E-state index in [1.54, 1.807) is 18.2 Å². The van der Waals surface area contributed by atoms with Crippen LogP contribution in [0, 0.1) is 0 Å². The Kier molecular flexibility index (Phi) is 4.57. The second-order valence-electron chi connectivity index (χ2n) is 4.02. The van der Waals surface area contributed by atoms with Crippen molar-refractivity contribution < 1.29 is 9.59 Å². The van der Waals surface area contributed by atoms with E-state index in [1.807, 2.05) is 24.4 Å². The smallest absolute Gasteiger partial charge is 0.321 e. The summed E-state index contributed by atoms with van der Waals surface area (Å²) in [5, 5.41) is 13.0. The molecule has 0 radical (unpaired) electrons. The first kappa shape index (κ1) is 14.3. The number of nitrogens with zero attached hydrogens (tertiary/aromatic N) is 3. The fourth-order valence-corrected chi connectivity index (χ4v) is 2.37. The molecule has 106 valence electrons. The number of imide groups is 1. The molecule has 0 spiro atoms. The number of nitrogens with one attached hydrogen (secondary N) is 2. The summed E-state index contributed by atoms with van der Waals surface area (Å²) in [7, 11) is 0. The second-order valence-corrected chi connectivity index (χ2v) is 5.33. The van der Waals surface area contributed by atoms with Crippen molar-refractivity contribution in [3.63, 3.8) is 0 Å². The zero-order valence-corrected chi connectivity index (χ0v) is 12.0. The van der Waals surface area contributed by atoms with Crippen molar-refractivity contribution in [2.75, 3.05) is 6.54 Å². The van der Waals surface area contributed by atoms with Gasteiger partial charge in [-0.3, -0.25) is 14.5 Å². The van der Waals surface area contributed by atoms with E-state index in [9.17, 15) is 9.59 Å². The van der Waals surface area contributed by atoms with Crippen LogP contribution in [0.5, 0.6) is 0 Å². The number of urea groups is 1. The molecule has 20 heavy (non-hydrogen) atoms. The van der Waals surface area contributed by atoms with Crippen molar-refractivity contribution in [3.05, 3.63) is 24.4 Å². The number of carbonyl (C=O) groups is 2. The zero-order valence-electron chi connectivity index (χ0n) is 11.2. The van der Waals surface area contributed by atoms with Gasteiger partial charge >= 0.3 is 6.03 Å². The van der Waals surface area contributed by atoms with Gasteiger partial charge in [0, 0.05) is 12.7 Å². The number of fused-ring (bicyclic) bond motifs is 1. The third kappa shape index (κ3) is 3.27. The highest BCUT2D eigenvalue weighted by molar-refractivity contribution is 8.00. The SMILES string of the molecule is CCNC(=O)NC(=O)[C@H](C)Sc1nnc2ccccn12. The minimum absolute atomic E-state index is 0.367. The van der Waals surface area contributed by atoms with Crippen molar-refractivity contribution in [2.45, 2.75) is 24.3 Å². The minimum atomic E-state index is -0.490. The molecule has 2 N–H and O–H groups in total. The molecule has 0 saturated heterocycles. The van der Waals surface area contributed by atoms with Gasteiger partial charge in [0.1, 0.15) is 0 Å². The minimum Gasteiger partial charge on any atom is -0.338 e. The van der Waals surface area contributed by atoms with Crippen LogP contribution >= 0.6 is 11.8 Å². The van der Waals surface area contributed by atoms with E-state index in [1.165, 1.54) is 11.8 Å². The number of carbonyl (C=O) groups excluding carboxylic acids is 2. The highest BCUT2D eigenvalue weighted by Gasteiger charge is 2.19. The van der Waals surface area contributed by atoms with Crippen LogP contribution in [-0.4, -0.2) is 38.3 Å². The van der Waals surface area contributed by atoms with Crippen molar-refractivity contribution in [1.29, 1.82) is 0 Å². The maximum absolute atomic E-state index is 11.8. The van der Waals surface area contributed by atoms with Gasteiger partial charge in [0.2, 0.25) is 5.91 Å². The van der Waals surface area contributed by atoms with Crippen molar-refractivity contribution >= 4 is 29.3 Å². The number of rotatable bonds is 4. The summed E-state index contributed by atoms with van der Waals surface area (Å²) < 4.78 is 1.79. The van der Waals surface area contributed by atoms with Crippen LogP contribution in [0.15, 0.2) is 29.6 Å². The van der Waals surface area contributed by atoms with Crippen LogP contribution in [0.3, 0.4) is 0 Å². The molecule has 0 aliphatic heterocycles. The quantitative estimate of drug-likeness (QED) is 0.823. The van der Waals surface area contributed by atoms with Crippen molar-refractivity contribution in [2.24, 2.45) is 0 Å². The van der Waals surface area contributed by atoms with Gasteiger partial charge in [0.05, 0.1) is 5.25 Å². The van der Waals surface area contributed by atoms with Crippen LogP contribution in [0.1, 0.15) is 13.8 Å². The monoisotopic (exact) mass is 293 g/mol. The number of amides is 3. The molecule has 0 saturated carbocycles. The molecule has 0 bridgehead atoms. The summed E-state index contributed by atoms with van der Waals surface area (Å²) in [4.78, 5) is 23.1. The summed E-state index contributed by atoms with van der Waals surface area (Å²) in [6.07, 6.45) is 1.83. The molecule has 0 aliphatic carbocycles. The number of hydrogen-bond donors (Lipinski definition) is 2. The predicted octanol–water partition coefficient (Wildman–Crippen LogP) is 1.06. The van der Waals surface area contributed by atoms with E-state index in [0.29, 0.717) is 17.3 Å². The zero-order chi connectivity index (χ0) is 14.5. The molecule has 0 aromatic carbocycles. The molecule has 2 rings (SSSR count). The van der Waals surface area contributed by atoms with Crippen molar-refractivity contribution in [1.82, 2.24) is 25.2 Å². The Labute approximate surface area is 120 Å². The van der Waals surface area contributed by atoms with E-state index in [2.05, 4.69) is 20.8 Å². The molecule has 0 fully saturated rings. The lowest BCUT2D eigenvalue weighted by Crippen LogP contribution is -2.42. The number of pyridine rings is 1. The first-order chi connectivity index (χ1) is 9.61. The lowest BCUT2D eigenvalue weighted by molar-refractivity contribution is -0.119. The van der Waals surface area contributed by atoms with Gasteiger partial charge in [-0.25, -0.2) is 4.79 Å². The van der Waals surface area contributed by atoms with Gasteiger partial charge < -0.3 is 5.32 Å². The third-order valence-corrected chi connectivity index (χ3v) is 3.56. The van der Waals surface area contributed by atoms with Crippen LogP contribution < -0.4 is 10.6 Å². The maximum Gasteiger partial charge on any atom is 0.321 e. The molecular weight excluding hydrogens is 278 g/mol. The van der Waals surface area contributed by atoms with Gasteiger partial charge in [-0.1, -0.05) is 17.8 Å². The van der Waals surface area contributed by atoms with Crippen LogP contribution in [0.4, 0.5) is 4.79 Å². The second kappa shape index (κ2) is 6.38. The molecule has 2 aromatic heterocycles. The highest BCUT2D eigenvalue weighted by atomic mass is 32.2. The van der Waals surface area contributed by atoms with Crippen molar-refractivity contribution in [3.8, 4) is 0 Å². The molecule has 2 heterocycles. The van der Waals surface area contributed by atoms with Gasteiger partial charge in [-0.05, 0) is 26.0 Å². The molecule has 2 aromatic rings. The largest absolute Gasteiger partial charge is 0.338 e. The van der Waals surface area contributed by atoms with E-state index in [4.69, 9.17) is 0 Å². The third-order valence-electron chi connectivity index (χ3n) is 2.51. The lowest BCUT2D eigenvalue weighted by atomic mass is 10.4. The summed E-state index contributed by atoms with van der Waals surface area (Å²) in [6, 6.07) is 5.07. The molecule has 0 aliphatic rings. The normalized spacial score (nSPS) is 12.1. The van der Waals surface area contributed by atoms with E-state index in [-0.39, 0.29) is 5.91 Å². The molecule has 0 unspecified atom stereocenters. The Balaban J connectivity index is 2.02. The maximum atomic E-state index is 11.8. The fourth-order valence-electron chi connectivity index (χ4n) is 1.53. The number of hydrogen-bond acceptors (Lipinski definition) is 5. The van der Waals surface area contributed by atoms with E-state index < -0.39 is 11.3 Å². The Morgan fingerprint density at radius 1 is 1.40 bits per heavy atom. The molecule has 8 heteroatoms. The Bertz CT molecular complexity index is 627. The first-order valence-corrected chi connectivity index (χ1v) is 7.05. The fraction of sp³-hybridized carbons (Fsp3) is 0.333. The van der Waals surface area contributed by atoms with Gasteiger partial charge in [0.15, 0.2) is 10.8 Å². The topological polar surface area (TPSA) is 88.4 Å². The van der Waals surface area contributed by atoms with Crippen LogP contribution in [0.25, 0.3) is 5.65 Å². The number of aromatic nitrogens is 3. The highest BCUT2D eigenvalue weighted by Crippen LogP contribution is 2.21. The first-order valence-electron chi connectivity index (χ1n) is 6.17. The van der Waals surface area contributed by atoms with E-state index in [0.717, 1.165) is 0 Å². The van der Waals surface area contributed by atoms with Crippen LogP contribution in [0.2, 0.25) is 0 Å².